The summed E-state index contributed by atoms with van der Waals surface area (Å²) in [5.74, 6) is -0.0463. The van der Waals surface area contributed by atoms with Crippen molar-refractivity contribution >= 4 is 12.1 Å². The maximum Gasteiger partial charge on any atom is 0.508 e. The fourth-order valence-electron chi connectivity index (χ4n) is 0.766. The quantitative estimate of drug-likeness (QED) is 0.500. The molecular formula is C7H10O5. The van der Waals surface area contributed by atoms with Crippen LogP contribution in [0.4, 0.5) is 4.79 Å². The predicted octanol–water partition coefficient (Wildman–Crippen LogP) is 0.477. The fourth-order valence-corrected chi connectivity index (χ4v) is 0.766. The summed E-state index contributed by atoms with van der Waals surface area (Å²) >= 11 is 0. The molecular weight excluding hydrogens is 164 g/mol. The van der Waals surface area contributed by atoms with Gasteiger partial charge in [0.1, 0.15) is 13.2 Å². The molecule has 12 heavy (non-hydrogen) atoms. The zero-order valence-corrected chi connectivity index (χ0v) is 6.58. The minimum absolute atomic E-state index is 0.0463. The van der Waals surface area contributed by atoms with E-state index in [9.17, 15) is 9.59 Å². The highest BCUT2D eigenvalue weighted by Crippen LogP contribution is 2.01. The zero-order chi connectivity index (χ0) is 8.81. The number of hydrogen-bond acceptors (Lipinski definition) is 5. The summed E-state index contributed by atoms with van der Waals surface area (Å²) in [5, 5.41) is 0. The van der Waals surface area contributed by atoms with Gasteiger partial charge in [-0.1, -0.05) is 0 Å². The third-order valence-corrected chi connectivity index (χ3v) is 1.31. The van der Waals surface area contributed by atoms with Crippen LogP contribution in [-0.2, 0) is 19.0 Å². The topological polar surface area (TPSA) is 61.8 Å². The van der Waals surface area contributed by atoms with Gasteiger partial charge in [-0.15, -0.1) is 0 Å². The zero-order valence-electron chi connectivity index (χ0n) is 6.58. The van der Waals surface area contributed by atoms with Crippen molar-refractivity contribution in [3.05, 3.63) is 0 Å². The van der Waals surface area contributed by atoms with Gasteiger partial charge < -0.3 is 14.2 Å². The van der Waals surface area contributed by atoms with Crippen molar-refractivity contribution in [3.63, 3.8) is 0 Å². The van der Waals surface area contributed by atoms with E-state index in [2.05, 4.69) is 14.2 Å². The third-order valence-electron chi connectivity index (χ3n) is 1.31. The number of carbonyl (C=O) groups excluding carboxylic acids is 2. The molecule has 5 heteroatoms. The van der Waals surface area contributed by atoms with Gasteiger partial charge in [-0.2, -0.15) is 0 Å². The summed E-state index contributed by atoms with van der Waals surface area (Å²) in [6.45, 7) is 1.47. The lowest BCUT2D eigenvalue weighted by Gasteiger charge is -1.81. The van der Waals surface area contributed by atoms with Gasteiger partial charge in [-0.25, -0.2) is 4.79 Å². The largest absolute Gasteiger partial charge is 0.508 e. The van der Waals surface area contributed by atoms with E-state index in [-0.39, 0.29) is 5.97 Å². The molecule has 2 heterocycles. The number of rotatable bonds is 0. The van der Waals surface area contributed by atoms with Crippen LogP contribution in [0.3, 0.4) is 0 Å². The second-order valence-electron chi connectivity index (χ2n) is 2.27. The van der Waals surface area contributed by atoms with Gasteiger partial charge in [-0.05, 0) is 6.42 Å². The van der Waals surface area contributed by atoms with Gasteiger partial charge in [0.25, 0.3) is 0 Å². The van der Waals surface area contributed by atoms with Gasteiger partial charge in [0.2, 0.25) is 0 Å². The van der Waals surface area contributed by atoms with E-state index in [0.29, 0.717) is 26.2 Å². The molecule has 2 aliphatic heterocycles. The van der Waals surface area contributed by atoms with Crippen LogP contribution >= 0.6 is 0 Å². The van der Waals surface area contributed by atoms with Gasteiger partial charge in [0.15, 0.2) is 0 Å². The number of esters is 1. The maximum atomic E-state index is 10.0. The van der Waals surface area contributed by atoms with E-state index >= 15 is 0 Å². The van der Waals surface area contributed by atoms with E-state index in [0.717, 1.165) is 6.42 Å². The molecule has 2 saturated heterocycles. The van der Waals surface area contributed by atoms with Crippen molar-refractivity contribution in [2.45, 2.75) is 12.8 Å². The number of carbonyl (C=O) groups is 2. The molecule has 0 aromatic heterocycles. The molecule has 0 aromatic rings. The smallest absolute Gasteiger partial charge is 0.466 e. The van der Waals surface area contributed by atoms with Gasteiger partial charge in [0, 0.05) is 6.42 Å². The normalized spacial score (nSPS) is 20.3. The van der Waals surface area contributed by atoms with Crippen LogP contribution in [0.1, 0.15) is 12.8 Å². The van der Waals surface area contributed by atoms with Crippen LogP contribution in [0, 0.1) is 0 Å². The molecule has 2 rings (SSSR count). The fraction of sp³-hybridized carbons (Fsp3) is 0.714. The Labute approximate surface area is 69.6 Å². The van der Waals surface area contributed by atoms with Gasteiger partial charge in [-0.3, -0.25) is 4.79 Å². The Balaban J connectivity index is 0.000000120. The minimum Gasteiger partial charge on any atom is -0.466 e. The van der Waals surface area contributed by atoms with Crippen molar-refractivity contribution in [2.75, 3.05) is 19.8 Å². The summed E-state index contributed by atoms with van der Waals surface area (Å²) in [6, 6.07) is 0. The monoisotopic (exact) mass is 174 g/mol. The van der Waals surface area contributed by atoms with Gasteiger partial charge >= 0.3 is 12.1 Å². The van der Waals surface area contributed by atoms with E-state index in [4.69, 9.17) is 0 Å². The molecule has 0 spiro atoms. The number of cyclic esters (lactones) is 3. The molecule has 2 fully saturated rings. The van der Waals surface area contributed by atoms with E-state index in [1.54, 1.807) is 0 Å². The van der Waals surface area contributed by atoms with E-state index < -0.39 is 6.16 Å². The second-order valence-corrected chi connectivity index (χ2v) is 2.27. The average Bonchev–Trinajstić information content (AvgIpc) is 2.63. The highest BCUT2D eigenvalue weighted by atomic mass is 16.8. The van der Waals surface area contributed by atoms with Crippen molar-refractivity contribution in [1.82, 2.24) is 0 Å². The molecule has 0 N–H and O–H groups in total. The van der Waals surface area contributed by atoms with Gasteiger partial charge in [0.05, 0.1) is 6.61 Å². The highest BCUT2D eigenvalue weighted by molar-refractivity contribution is 5.70. The Bertz CT molecular complexity index is 141. The van der Waals surface area contributed by atoms with E-state index in [1.165, 1.54) is 0 Å². The Hall–Kier alpha value is -1.26. The van der Waals surface area contributed by atoms with Crippen molar-refractivity contribution in [3.8, 4) is 0 Å². The molecule has 68 valence electrons. The molecule has 5 nitrogen and oxygen atoms in total. The Kier molecular flexibility index (Phi) is 3.37. The van der Waals surface area contributed by atoms with Crippen molar-refractivity contribution in [2.24, 2.45) is 0 Å². The maximum absolute atomic E-state index is 10.0. The summed E-state index contributed by atoms with van der Waals surface area (Å²) in [7, 11) is 0. The summed E-state index contributed by atoms with van der Waals surface area (Å²) < 4.78 is 13.1. The molecule has 0 aliphatic carbocycles. The first-order chi connectivity index (χ1) is 5.79. The Morgan fingerprint density at radius 1 is 0.917 bits per heavy atom. The molecule has 0 bridgehead atoms. The highest BCUT2D eigenvalue weighted by Gasteiger charge is 2.09. The summed E-state index contributed by atoms with van der Waals surface area (Å²) in [4.78, 5) is 19.8. The Morgan fingerprint density at radius 2 is 1.58 bits per heavy atom. The lowest BCUT2D eigenvalue weighted by Crippen LogP contribution is -1.88. The molecule has 2 aliphatic rings. The van der Waals surface area contributed by atoms with Crippen LogP contribution < -0.4 is 0 Å². The van der Waals surface area contributed by atoms with Crippen LogP contribution in [0.15, 0.2) is 0 Å². The molecule has 0 unspecified atom stereocenters. The van der Waals surface area contributed by atoms with Crippen molar-refractivity contribution in [1.29, 1.82) is 0 Å². The SMILES string of the molecule is O=C1CCCO1.O=C1OCCO1. The number of ether oxygens (including phenoxy) is 3. The van der Waals surface area contributed by atoms with Crippen LogP contribution in [0.5, 0.6) is 0 Å². The Morgan fingerprint density at radius 3 is 1.75 bits per heavy atom. The molecule has 0 aromatic carbocycles. The van der Waals surface area contributed by atoms with Crippen LogP contribution in [0.2, 0.25) is 0 Å². The molecule has 0 amide bonds. The standard InChI is InChI=1S/C4H6O2.C3H4O3/c5-4-2-1-3-6-4;4-3-5-1-2-6-3/h1-3H2;1-2H2. The lowest BCUT2D eigenvalue weighted by atomic mass is 10.4. The third kappa shape index (κ3) is 3.23. The first kappa shape index (κ1) is 8.83. The summed E-state index contributed by atoms with van der Waals surface area (Å²) in [5.41, 5.74) is 0. The minimum atomic E-state index is -0.546. The second kappa shape index (κ2) is 4.58. The predicted molar refractivity (Wildman–Crippen MR) is 37.5 cm³/mol. The molecule has 0 radical (unpaired) electrons. The molecule has 0 saturated carbocycles. The molecule has 0 atom stereocenters. The first-order valence-electron chi connectivity index (χ1n) is 3.74. The van der Waals surface area contributed by atoms with Crippen LogP contribution in [-0.4, -0.2) is 31.9 Å². The van der Waals surface area contributed by atoms with Crippen molar-refractivity contribution < 1.29 is 23.8 Å². The van der Waals surface area contributed by atoms with E-state index in [1.807, 2.05) is 0 Å². The average molecular weight is 174 g/mol. The number of hydrogen-bond donors (Lipinski definition) is 0. The first-order valence-corrected chi connectivity index (χ1v) is 3.74. The summed E-state index contributed by atoms with van der Waals surface area (Å²) in [6.07, 6.45) is 0.994. The van der Waals surface area contributed by atoms with Crippen LogP contribution in [0.25, 0.3) is 0 Å². The lowest BCUT2D eigenvalue weighted by molar-refractivity contribution is -0.137.